The Morgan fingerprint density at radius 2 is 1.21 bits per heavy atom. The van der Waals surface area contributed by atoms with Crippen LogP contribution in [-0.4, -0.2) is 39.0 Å². The molecule has 1 aliphatic rings. The molecule has 1 aliphatic heterocycles. The average molecular weight is 285 g/mol. The van der Waals surface area contributed by atoms with E-state index in [9.17, 15) is 0 Å². The average Bonchev–Trinajstić information content (AvgIpc) is 2.47. The first-order valence-electron chi connectivity index (χ1n) is 8.51. The first-order valence-corrected chi connectivity index (χ1v) is 10.7. The Labute approximate surface area is 122 Å². The van der Waals surface area contributed by atoms with Gasteiger partial charge in [0.2, 0.25) is 0 Å². The van der Waals surface area contributed by atoms with E-state index >= 15 is 0 Å². The van der Waals surface area contributed by atoms with Gasteiger partial charge in [0.15, 0.2) is 0 Å². The number of piperazine rings is 1. The third-order valence-corrected chi connectivity index (χ3v) is 13.4. The van der Waals surface area contributed by atoms with Crippen molar-refractivity contribution in [1.29, 1.82) is 0 Å². The van der Waals surface area contributed by atoms with Crippen LogP contribution in [-0.2, 0) is 0 Å². The van der Waals surface area contributed by atoms with E-state index in [0.29, 0.717) is 0 Å². The van der Waals surface area contributed by atoms with Crippen LogP contribution in [0.1, 0.15) is 60.8 Å². The maximum atomic E-state index is 3.54. The molecule has 0 aromatic rings. The second-order valence-corrected chi connectivity index (χ2v) is 11.9. The van der Waals surface area contributed by atoms with Crippen LogP contribution in [0, 0.1) is 0 Å². The zero-order chi connectivity index (χ0) is 14.5. The van der Waals surface area contributed by atoms with Crippen molar-refractivity contribution < 1.29 is 0 Å². The van der Waals surface area contributed by atoms with Crippen LogP contribution >= 0.6 is 0 Å². The summed E-state index contributed by atoms with van der Waals surface area (Å²) in [6, 6.07) is 0. The van der Waals surface area contributed by atoms with Gasteiger partial charge in [-0.15, -0.1) is 0 Å². The fourth-order valence-electron chi connectivity index (χ4n) is 4.43. The molecule has 3 heteroatoms. The molecule has 0 aromatic carbocycles. The lowest BCUT2D eigenvalue weighted by molar-refractivity contribution is 0.330. The summed E-state index contributed by atoms with van der Waals surface area (Å²) in [6.07, 6.45) is 4.06. The van der Waals surface area contributed by atoms with Crippen LogP contribution in [0.2, 0.25) is 16.6 Å². The number of hydrogen-bond donors (Lipinski definition) is 1. The van der Waals surface area contributed by atoms with Crippen molar-refractivity contribution >= 4 is 8.24 Å². The molecular weight excluding hydrogens is 248 g/mol. The Morgan fingerprint density at radius 3 is 1.53 bits per heavy atom. The standard InChI is InChI=1S/C16H36N2Si/c1-7-14(4)19(15(5)8-2,16(6)9-3)18-12-10-17-11-13-18/h14-17H,7-13H2,1-6H3. The smallest absolute Gasteiger partial charge is 0.137 e. The molecule has 0 saturated carbocycles. The Morgan fingerprint density at radius 1 is 0.842 bits per heavy atom. The molecule has 3 unspecified atom stereocenters. The van der Waals surface area contributed by atoms with Crippen molar-refractivity contribution in [3.05, 3.63) is 0 Å². The first-order chi connectivity index (χ1) is 9.05. The SMILES string of the molecule is CCC(C)[Si](C(C)CC)(C(C)CC)N1CCNCC1. The van der Waals surface area contributed by atoms with E-state index in [1.54, 1.807) is 0 Å². The zero-order valence-electron chi connectivity index (χ0n) is 14.1. The molecule has 0 radical (unpaired) electrons. The van der Waals surface area contributed by atoms with Gasteiger partial charge >= 0.3 is 0 Å². The molecule has 19 heavy (non-hydrogen) atoms. The predicted molar refractivity (Wildman–Crippen MR) is 89.3 cm³/mol. The lowest BCUT2D eigenvalue weighted by atomic mass is 10.3. The third kappa shape index (κ3) is 3.25. The summed E-state index contributed by atoms with van der Waals surface area (Å²) in [4.78, 5) is 0. The van der Waals surface area contributed by atoms with Gasteiger partial charge in [0.1, 0.15) is 8.24 Å². The van der Waals surface area contributed by atoms with Crippen LogP contribution < -0.4 is 5.32 Å². The summed E-state index contributed by atoms with van der Waals surface area (Å²) >= 11 is 0. The van der Waals surface area contributed by atoms with E-state index in [1.165, 1.54) is 45.4 Å². The van der Waals surface area contributed by atoms with Crippen molar-refractivity contribution in [2.24, 2.45) is 0 Å². The Kier molecular flexibility index (Phi) is 7.05. The van der Waals surface area contributed by atoms with E-state index in [0.717, 1.165) is 16.6 Å². The highest BCUT2D eigenvalue weighted by molar-refractivity contribution is 6.81. The van der Waals surface area contributed by atoms with Crippen LogP contribution in [0.4, 0.5) is 0 Å². The second kappa shape index (κ2) is 7.80. The topological polar surface area (TPSA) is 15.3 Å². The van der Waals surface area contributed by atoms with Gasteiger partial charge in [-0.25, -0.2) is 0 Å². The zero-order valence-corrected chi connectivity index (χ0v) is 15.1. The maximum absolute atomic E-state index is 3.54. The highest BCUT2D eigenvalue weighted by atomic mass is 28.3. The summed E-state index contributed by atoms with van der Waals surface area (Å²) in [7, 11) is -1.41. The first kappa shape index (κ1) is 17.2. The van der Waals surface area contributed by atoms with Gasteiger partial charge in [0, 0.05) is 26.2 Å². The molecule has 1 heterocycles. The monoisotopic (exact) mass is 284 g/mol. The Hall–Kier alpha value is 0.137. The van der Waals surface area contributed by atoms with E-state index in [-0.39, 0.29) is 0 Å². The summed E-state index contributed by atoms with van der Waals surface area (Å²) in [5.41, 5.74) is 2.74. The van der Waals surface area contributed by atoms with Crippen LogP contribution in [0.5, 0.6) is 0 Å². The molecule has 0 spiro atoms. The number of nitrogens with one attached hydrogen (secondary N) is 1. The minimum absolute atomic E-state index is 0.912. The fraction of sp³-hybridized carbons (Fsp3) is 1.00. The highest BCUT2D eigenvalue weighted by Crippen LogP contribution is 2.48. The maximum Gasteiger partial charge on any atom is 0.137 e. The largest absolute Gasteiger partial charge is 0.320 e. The van der Waals surface area contributed by atoms with Gasteiger partial charge in [-0.05, 0) is 16.6 Å². The Bertz CT molecular complexity index is 225. The minimum atomic E-state index is -1.41. The summed E-state index contributed by atoms with van der Waals surface area (Å²) < 4.78 is 2.97. The van der Waals surface area contributed by atoms with Gasteiger partial charge in [0.05, 0.1) is 0 Å². The van der Waals surface area contributed by atoms with Crippen molar-refractivity contribution in [2.75, 3.05) is 26.2 Å². The predicted octanol–water partition coefficient (Wildman–Crippen LogP) is 4.24. The number of hydrogen-bond acceptors (Lipinski definition) is 2. The summed E-state index contributed by atoms with van der Waals surface area (Å²) in [6.45, 7) is 19.8. The fourth-order valence-corrected chi connectivity index (χ4v) is 12.2. The van der Waals surface area contributed by atoms with E-state index in [2.05, 4.69) is 51.4 Å². The van der Waals surface area contributed by atoms with Gasteiger partial charge in [-0.2, -0.15) is 0 Å². The van der Waals surface area contributed by atoms with Crippen molar-refractivity contribution in [2.45, 2.75) is 77.4 Å². The van der Waals surface area contributed by atoms with Gasteiger partial charge < -0.3 is 9.88 Å². The summed E-state index contributed by atoms with van der Waals surface area (Å²) in [5, 5.41) is 3.54. The summed E-state index contributed by atoms with van der Waals surface area (Å²) in [5.74, 6) is 0. The van der Waals surface area contributed by atoms with Crippen molar-refractivity contribution in [1.82, 2.24) is 9.88 Å². The molecule has 114 valence electrons. The normalized spacial score (nSPS) is 25.6. The van der Waals surface area contributed by atoms with Gasteiger partial charge in [-0.3, -0.25) is 0 Å². The second-order valence-electron chi connectivity index (χ2n) is 6.55. The van der Waals surface area contributed by atoms with E-state index in [1.807, 2.05) is 0 Å². The molecule has 2 nitrogen and oxygen atoms in total. The molecule has 1 fully saturated rings. The van der Waals surface area contributed by atoms with Crippen LogP contribution in [0.25, 0.3) is 0 Å². The van der Waals surface area contributed by atoms with Crippen molar-refractivity contribution in [3.63, 3.8) is 0 Å². The van der Waals surface area contributed by atoms with Gasteiger partial charge in [-0.1, -0.05) is 60.8 Å². The third-order valence-electron chi connectivity index (χ3n) is 5.87. The molecule has 1 saturated heterocycles. The number of nitrogens with zero attached hydrogens (tertiary/aromatic N) is 1. The molecule has 1 N–H and O–H groups in total. The Balaban J connectivity index is 3.15. The molecular formula is C16H36N2Si. The van der Waals surface area contributed by atoms with Gasteiger partial charge in [0.25, 0.3) is 0 Å². The molecule has 1 rings (SSSR count). The molecule has 0 aliphatic carbocycles. The van der Waals surface area contributed by atoms with Crippen LogP contribution in [0.15, 0.2) is 0 Å². The molecule has 0 amide bonds. The minimum Gasteiger partial charge on any atom is -0.320 e. The highest BCUT2D eigenvalue weighted by Gasteiger charge is 2.50. The molecule has 0 bridgehead atoms. The lowest BCUT2D eigenvalue weighted by Gasteiger charge is -2.54. The van der Waals surface area contributed by atoms with E-state index < -0.39 is 8.24 Å². The quantitative estimate of drug-likeness (QED) is 0.704. The molecule has 0 aromatic heterocycles. The lowest BCUT2D eigenvalue weighted by Crippen LogP contribution is -2.65. The van der Waals surface area contributed by atoms with Crippen molar-refractivity contribution in [3.8, 4) is 0 Å². The van der Waals surface area contributed by atoms with E-state index in [4.69, 9.17) is 0 Å². The molecule has 3 atom stereocenters. The van der Waals surface area contributed by atoms with Crippen LogP contribution in [0.3, 0.4) is 0 Å². The number of rotatable bonds is 7.